The molecule has 12 aromatic rings. The molecule has 4 heteroatoms. The highest BCUT2D eigenvalue weighted by Gasteiger charge is 2.28. The summed E-state index contributed by atoms with van der Waals surface area (Å²) in [5.74, 6) is 0.666. The summed E-state index contributed by atoms with van der Waals surface area (Å²) in [6.45, 7) is 0. The van der Waals surface area contributed by atoms with Gasteiger partial charge >= 0.3 is 0 Å². The van der Waals surface area contributed by atoms with Gasteiger partial charge in [0.05, 0.1) is 33.3 Å². The lowest BCUT2D eigenvalue weighted by Crippen LogP contribution is -2.03. The zero-order valence-corrected chi connectivity index (χ0v) is 31.3. The van der Waals surface area contributed by atoms with E-state index in [1.807, 2.05) is 0 Å². The van der Waals surface area contributed by atoms with E-state index in [0.717, 1.165) is 38.9 Å². The van der Waals surface area contributed by atoms with E-state index in [2.05, 4.69) is 203 Å². The third-order valence-electron chi connectivity index (χ3n) is 12.2. The van der Waals surface area contributed by atoms with Crippen molar-refractivity contribution < 1.29 is 0 Å². The van der Waals surface area contributed by atoms with Crippen LogP contribution in [0.2, 0.25) is 0 Å². The van der Waals surface area contributed by atoms with Crippen molar-refractivity contribution in [2.45, 2.75) is 0 Å². The molecule has 0 amide bonds. The van der Waals surface area contributed by atoms with E-state index in [1.165, 1.54) is 76.7 Å². The van der Waals surface area contributed by atoms with Gasteiger partial charge in [0.15, 0.2) is 0 Å². The number of aromatic nitrogens is 4. The first-order valence-electron chi connectivity index (χ1n) is 19.8. The maximum absolute atomic E-state index is 5.47. The van der Waals surface area contributed by atoms with Crippen molar-refractivity contribution in [2.24, 2.45) is 0 Å². The molecule has 0 saturated heterocycles. The van der Waals surface area contributed by atoms with Crippen LogP contribution in [0, 0.1) is 0 Å². The average Bonchev–Trinajstić information content (AvgIpc) is 3.78. The second kappa shape index (κ2) is 11.8. The van der Waals surface area contributed by atoms with Gasteiger partial charge in [-0.2, -0.15) is 0 Å². The minimum atomic E-state index is 0.666. The number of benzene rings is 9. The number of hydrogen-bond donors (Lipinski definition) is 0. The predicted octanol–water partition coefficient (Wildman–Crippen LogP) is 14.0. The Bertz CT molecular complexity index is 3650. The smallest absolute Gasteiger partial charge is 0.235 e. The van der Waals surface area contributed by atoms with Gasteiger partial charge in [-0.15, -0.1) is 0 Å². The normalized spacial score (nSPS) is 12.1. The number of hydrogen-bond acceptors (Lipinski definition) is 2. The van der Waals surface area contributed by atoms with Gasteiger partial charge in [-0.1, -0.05) is 152 Å². The summed E-state index contributed by atoms with van der Waals surface area (Å²) in [5, 5.41) is 8.59. The fourth-order valence-electron chi connectivity index (χ4n) is 9.75. The number of fused-ring (bicyclic) bond motifs is 2. The third kappa shape index (κ3) is 4.34. The summed E-state index contributed by atoms with van der Waals surface area (Å²) >= 11 is 0. The van der Waals surface area contributed by atoms with Gasteiger partial charge in [-0.3, -0.25) is 4.57 Å². The van der Waals surface area contributed by atoms with Crippen LogP contribution in [-0.4, -0.2) is 19.1 Å². The fraction of sp³-hybridized carbons (Fsp3) is 0. The second-order valence-electron chi connectivity index (χ2n) is 15.3. The monoisotopic (exact) mass is 736 g/mol. The molecular formula is C54H32N4. The topological polar surface area (TPSA) is 35.6 Å². The van der Waals surface area contributed by atoms with E-state index >= 15 is 0 Å². The maximum Gasteiger partial charge on any atom is 0.235 e. The largest absolute Gasteiger partial charge is 0.309 e. The SMILES string of the molecule is c1ccc(-c2ccc(-c3nc(-n4c5cccc6c5c5c7c(ccc8c7c7c-6cccc7n8-c6cccc(-c7ccccc7)c6)ccc54)nc4ccccc34)cc2)cc1. The van der Waals surface area contributed by atoms with Gasteiger partial charge in [0.2, 0.25) is 5.95 Å². The highest BCUT2D eigenvalue weighted by Crippen LogP contribution is 2.51. The summed E-state index contributed by atoms with van der Waals surface area (Å²) < 4.78 is 4.76. The molecule has 0 saturated carbocycles. The van der Waals surface area contributed by atoms with Crippen LogP contribution in [0.3, 0.4) is 0 Å². The molecule has 0 N–H and O–H groups in total. The number of para-hydroxylation sites is 1. The van der Waals surface area contributed by atoms with Gasteiger partial charge in [0.1, 0.15) is 0 Å². The molecule has 0 fully saturated rings. The van der Waals surface area contributed by atoms with Gasteiger partial charge in [-0.05, 0) is 81.2 Å². The molecule has 0 aliphatic heterocycles. The van der Waals surface area contributed by atoms with Crippen molar-refractivity contribution in [3.05, 3.63) is 194 Å². The van der Waals surface area contributed by atoms with Crippen molar-refractivity contribution >= 4 is 65.3 Å². The lowest BCUT2D eigenvalue weighted by molar-refractivity contribution is 1.01. The molecule has 9 aromatic carbocycles. The molecule has 0 spiro atoms. The molecule has 0 radical (unpaired) electrons. The Morgan fingerprint density at radius 3 is 1.57 bits per heavy atom. The van der Waals surface area contributed by atoms with Gasteiger partial charge in [0, 0.05) is 43.6 Å². The van der Waals surface area contributed by atoms with Crippen LogP contribution in [0.25, 0.3) is 122 Å². The Morgan fingerprint density at radius 2 is 0.862 bits per heavy atom. The molecule has 13 rings (SSSR count). The van der Waals surface area contributed by atoms with Crippen molar-refractivity contribution in [3.63, 3.8) is 0 Å². The van der Waals surface area contributed by atoms with E-state index in [1.54, 1.807) is 0 Å². The van der Waals surface area contributed by atoms with Crippen LogP contribution in [0.1, 0.15) is 0 Å². The Morgan fingerprint density at radius 1 is 0.328 bits per heavy atom. The first kappa shape index (κ1) is 31.4. The standard InChI is InChI=1S/C54H32N4/c1-3-12-33(13-4-1)35-24-26-37(27-25-35)53-42-18-7-8-21-43(42)55-54(56-53)58-45-23-11-20-41-40-19-10-22-44-49(40)51-46(30-28-36-29-31-47(58)52(48(36)51)50(41)45)57(44)39-17-9-16-38(32-39)34-14-5-2-6-15-34/h1-32H. The summed E-state index contributed by atoms with van der Waals surface area (Å²) in [7, 11) is 0. The predicted molar refractivity (Wildman–Crippen MR) is 241 cm³/mol. The molecule has 0 bridgehead atoms. The molecule has 3 aromatic heterocycles. The molecule has 58 heavy (non-hydrogen) atoms. The Hall–Kier alpha value is -7.82. The third-order valence-corrected chi connectivity index (χ3v) is 12.2. The fourth-order valence-corrected chi connectivity index (χ4v) is 9.75. The number of rotatable bonds is 5. The summed E-state index contributed by atoms with van der Waals surface area (Å²) in [6.07, 6.45) is 0. The van der Waals surface area contributed by atoms with Crippen molar-refractivity contribution in [2.75, 3.05) is 0 Å². The van der Waals surface area contributed by atoms with Crippen LogP contribution in [-0.2, 0) is 0 Å². The van der Waals surface area contributed by atoms with Crippen LogP contribution in [0.15, 0.2) is 194 Å². The molecule has 0 unspecified atom stereocenters. The maximum atomic E-state index is 5.47. The highest BCUT2D eigenvalue weighted by molar-refractivity contribution is 6.38. The van der Waals surface area contributed by atoms with Gasteiger partial charge < -0.3 is 4.57 Å². The molecule has 1 aliphatic rings. The minimum Gasteiger partial charge on any atom is -0.309 e. The summed E-state index contributed by atoms with van der Waals surface area (Å²) in [6, 6.07) is 70.0. The van der Waals surface area contributed by atoms with Crippen LogP contribution >= 0.6 is 0 Å². The second-order valence-corrected chi connectivity index (χ2v) is 15.3. The lowest BCUT2D eigenvalue weighted by atomic mass is 9.98. The molecule has 3 heterocycles. The van der Waals surface area contributed by atoms with Crippen LogP contribution < -0.4 is 0 Å². The molecule has 268 valence electrons. The highest BCUT2D eigenvalue weighted by atomic mass is 15.2. The van der Waals surface area contributed by atoms with E-state index in [4.69, 9.17) is 9.97 Å². The quantitative estimate of drug-likeness (QED) is 0.176. The van der Waals surface area contributed by atoms with Gasteiger partial charge in [-0.25, -0.2) is 9.97 Å². The summed E-state index contributed by atoms with van der Waals surface area (Å²) in [5.41, 5.74) is 15.9. The molecular weight excluding hydrogens is 705 g/mol. The molecule has 0 atom stereocenters. The Balaban J connectivity index is 1.10. The average molecular weight is 737 g/mol. The van der Waals surface area contributed by atoms with E-state index in [9.17, 15) is 0 Å². The molecule has 4 nitrogen and oxygen atoms in total. The summed E-state index contributed by atoms with van der Waals surface area (Å²) in [4.78, 5) is 10.8. The van der Waals surface area contributed by atoms with Crippen molar-refractivity contribution in [3.8, 4) is 56.3 Å². The molecule has 1 aliphatic carbocycles. The van der Waals surface area contributed by atoms with Crippen LogP contribution in [0.5, 0.6) is 0 Å². The van der Waals surface area contributed by atoms with Crippen molar-refractivity contribution in [1.29, 1.82) is 0 Å². The zero-order chi connectivity index (χ0) is 37.9. The van der Waals surface area contributed by atoms with Gasteiger partial charge in [0.25, 0.3) is 0 Å². The van der Waals surface area contributed by atoms with E-state index < -0.39 is 0 Å². The zero-order valence-electron chi connectivity index (χ0n) is 31.3. The van der Waals surface area contributed by atoms with E-state index in [-0.39, 0.29) is 0 Å². The first-order valence-corrected chi connectivity index (χ1v) is 19.8. The lowest BCUT2D eigenvalue weighted by Gasteiger charge is -2.13. The first-order chi connectivity index (χ1) is 28.8. The number of nitrogens with zero attached hydrogens (tertiary/aromatic N) is 4. The minimum absolute atomic E-state index is 0.666. The Kier molecular flexibility index (Phi) is 6.41. The van der Waals surface area contributed by atoms with Crippen molar-refractivity contribution in [1.82, 2.24) is 19.1 Å². The van der Waals surface area contributed by atoms with E-state index in [0.29, 0.717) is 5.95 Å². The van der Waals surface area contributed by atoms with Crippen LogP contribution in [0.4, 0.5) is 0 Å². The Labute approximate surface area is 333 Å².